The minimum Gasteiger partial charge on any atom is -0.481 e. The predicted octanol–water partition coefficient (Wildman–Crippen LogP) is 6.00. The van der Waals surface area contributed by atoms with Crippen molar-refractivity contribution >= 4 is 27.5 Å². The molecule has 0 N–H and O–H groups in total. The lowest BCUT2D eigenvalue weighted by Crippen LogP contribution is -2.24. The van der Waals surface area contributed by atoms with E-state index in [4.69, 9.17) is 26.1 Å². The Labute approximate surface area is 228 Å². The number of methoxy groups -OCH3 is 1. The van der Waals surface area contributed by atoms with Gasteiger partial charge in [0, 0.05) is 23.2 Å². The fourth-order valence-corrected chi connectivity index (χ4v) is 4.27. The van der Waals surface area contributed by atoms with Gasteiger partial charge in [-0.15, -0.1) is 0 Å². The van der Waals surface area contributed by atoms with Crippen LogP contribution >= 0.6 is 27.5 Å². The molecule has 0 saturated carbocycles. The molecule has 0 spiro atoms. The first-order chi connectivity index (χ1) is 17.5. The largest absolute Gasteiger partial charge is 0.481 e. The van der Waals surface area contributed by atoms with E-state index in [1.807, 2.05) is 31.3 Å². The number of ether oxygens (including phenoxy) is 2. The number of aryl methyl sites for hydroxylation is 2. The topological polar surface area (TPSA) is 92.0 Å². The number of halogens is 2. The molecule has 0 amide bonds. The Morgan fingerprint density at radius 1 is 1.08 bits per heavy atom. The van der Waals surface area contributed by atoms with Crippen molar-refractivity contribution in [3.63, 3.8) is 0 Å². The third-order valence-electron chi connectivity index (χ3n) is 5.62. The molecular weight excluding hydrogens is 558 g/mol. The molecule has 0 fully saturated rings. The molecular formula is C27H27BrClN5O3. The molecule has 37 heavy (non-hydrogen) atoms. The summed E-state index contributed by atoms with van der Waals surface area (Å²) in [4.78, 5) is 31.6. The van der Waals surface area contributed by atoms with Crippen LogP contribution in [0.5, 0.6) is 11.8 Å². The second kappa shape index (κ2) is 10.6. The molecule has 3 heterocycles. The van der Waals surface area contributed by atoms with Gasteiger partial charge in [0.25, 0.3) is 5.56 Å². The molecule has 4 aromatic rings. The predicted molar refractivity (Wildman–Crippen MR) is 147 cm³/mol. The van der Waals surface area contributed by atoms with Crippen molar-refractivity contribution in [2.45, 2.75) is 46.6 Å². The zero-order valence-electron chi connectivity index (χ0n) is 21.5. The van der Waals surface area contributed by atoms with Crippen LogP contribution in [0.25, 0.3) is 16.9 Å². The number of pyridine rings is 1. The van der Waals surface area contributed by atoms with Gasteiger partial charge in [0.05, 0.1) is 29.2 Å². The molecule has 0 aliphatic carbocycles. The average molecular weight is 585 g/mol. The molecule has 0 unspecified atom stereocenters. The van der Waals surface area contributed by atoms with Gasteiger partial charge in [-0.25, -0.2) is 15.0 Å². The van der Waals surface area contributed by atoms with E-state index in [0.717, 1.165) is 22.6 Å². The third-order valence-corrected chi connectivity index (χ3v) is 6.61. The first kappa shape index (κ1) is 26.8. The maximum absolute atomic E-state index is 13.5. The van der Waals surface area contributed by atoms with Crippen LogP contribution < -0.4 is 15.0 Å². The number of hydrogen-bond donors (Lipinski definition) is 0. The van der Waals surface area contributed by atoms with Gasteiger partial charge < -0.3 is 9.47 Å². The molecule has 0 saturated heterocycles. The van der Waals surface area contributed by atoms with Crippen LogP contribution in [0.1, 0.15) is 43.7 Å². The van der Waals surface area contributed by atoms with E-state index in [1.54, 1.807) is 32.2 Å². The van der Waals surface area contributed by atoms with Gasteiger partial charge in [-0.3, -0.25) is 9.36 Å². The first-order valence-electron chi connectivity index (χ1n) is 11.6. The Morgan fingerprint density at radius 3 is 2.54 bits per heavy atom. The second-order valence-electron chi connectivity index (χ2n) is 9.52. The van der Waals surface area contributed by atoms with Crippen LogP contribution in [0.2, 0.25) is 5.02 Å². The summed E-state index contributed by atoms with van der Waals surface area (Å²) in [5, 5.41) is 0.402. The van der Waals surface area contributed by atoms with Crippen LogP contribution in [-0.4, -0.2) is 31.6 Å². The van der Waals surface area contributed by atoms with E-state index >= 15 is 0 Å². The summed E-state index contributed by atoms with van der Waals surface area (Å²) in [7, 11) is 1.55. The Balaban J connectivity index is 1.73. The minimum absolute atomic E-state index is 0.116. The Morgan fingerprint density at radius 2 is 1.84 bits per heavy atom. The van der Waals surface area contributed by atoms with Crippen LogP contribution in [-0.2, 0) is 12.0 Å². The lowest BCUT2D eigenvalue weighted by Gasteiger charge is -2.19. The standard InChI is InChI=1S/C27H27BrClN5O3/c1-15-13-30-26(27(3,4)5)33-23(15)17-10-11-19(29)20(12-17)34-16(2)31-24(22(28)25(34)35)37-14-18-8-7-9-21(32-18)36-6/h7-13H,14H2,1-6H3. The molecule has 10 heteroatoms. The van der Waals surface area contributed by atoms with Crippen LogP contribution in [0, 0.1) is 13.8 Å². The Bertz CT molecular complexity index is 1530. The highest BCUT2D eigenvalue weighted by atomic mass is 79.9. The van der Waals surface area contributed by atoms with Crippen molar-refractivity contribution in [2.24, 2.45) is 0 Å². The van der Waals surface area contributed by atoms with Gasteiger partial charge in [-0.05, 0) is 53.5 Å². The van der Waals surface area contributed by atoms with Crippen LogP contribution in [0.4, 0.5) is 0 Å². The van der Waals surface area contributed by atoms with Gasteiger partial charge in [-0.1, -0.05) is 44.5 Å². The van der Waals surface area contributed by atoms with Crippen molar-refractivity contribution in [1.29, 1.82) is 0 Å². The average Bonchev–Trinajstić information content (AvgIpc) is 2.86. The monoisotopic (exact) mass is 583 g/mol. The highest BCUT2D eigenvalue weighted by Crippen LogP contribution is 2.31. The second-order valence-corrected chi connectivity index (χ2v) is 10.7. The highest BCUT2D eigenvalue weighted by Gasteiger charge is 2.21. The molecule has 0 radical (unpaired) electrons. The normalized spacial score (nSPS) is 11.5. The zero-order chi connectivity index (χ0) is 26.9. The lowest BCUT2D eigenvalue weighted by atomic mass is 9.95. The number of nitrogens with zero attached hydrogens (tertiary/aromatic N) is 5. The number of aromatic nitrogens is 5. The summed E-state index contributed by atoms with van der Waals surface area (Å²) in [6, 6.07) is 10.8. The molecule has 1 aromatic carbocycles. The molecule has 0 bridgehead atoms. The molecule has 8 nitrogen and oxygen atoms in total. The number of hydrogen-bond acceptors (Lipinski definition) is 7. The highest BCUT2D eigenvalue weighted by molar-refractivity contribution is 9.10. The van der Waals surface area contributed by atoms with Crippen molar-refractivity contribution < 1.29 is 9.47 Å². The summed E-state index contributed by atoms with van der Waals surface area (Å²) >= 11 is 9.95. The van der Waals surface area contributed by atoms with Crippen molar-refractivity contribution in [1.82, 2.24) is 24.5 Å². The number of benzene rings is 1. The zero-order valence-corrected chi connectivity index (χ0v) is 23.8. The van der Waals surface area contributed by atoms with E-state index in [-0.39, 0.29) is 27.9 Å². The lowest BCUT2D eigenvalue weighted by molar-refractivity contribution is 0.282. The SMILES string of the molecule is COc1cccc(COc2nc(C)n(-c3cc(-c4nc(C(C)(C)C)ncc4C)ccc3Cl)c(=O)c2Br)n1. The maximum Gasteiger partial charge on any atom is 0.276 e. The molecule has 3 aromatic heterocycles. The summed E-state index contributed by atoms with van der Waals surface area (Å²) < 4.78 is 12.6. The van der Waals surface area contributed by atoms with Gasteiger partial charge >= 0.3 is 0 Å². The molecule has 0 aliphatic rings. The molecule has 4 rings (SSSR count). The smallest absolute Gasteiger partial charge is 0.276 e. The fourth-order valence-electron chi connectivity index (χ4n) is 3.68. The minimum atomic E-state index is -0.352. The van der Waals surface area contributed by atoms with Gasteiger partial charge in [0.1, 0.15) is 22.7 Å². The quantitative estimate of drug-likeness (QED) is 0.274. The van der Waals surface area contributed by atoms with E-state index < -0.39 is 0 Å². The van der Waals surface area contributed by atoms with Gasteiger partial charge in [-0.2, -0.15) is 4.98 Å². The van der Waals surface area contributed by atoms with Crippen LogP contribution in [0.15, 0.2) is 51.9 Å². The van der Waals surface area contributed by atoms with Gasteiger partial charge in [0.15, 0.2) is 0 Å². The van der Waals surface area contributed by atoms with Gasteiger partial charge in [0.2, 0.25) is 11.8 Å². The summed E-state index contributed by atoms with van der Waals surface area (Å²) in [6.07, 6.45) is 1.82. The summed E-state index contributed by atoms with van der Waals surface area (Å²) in [5.41, 5.74) is 3.08. The van der Waals surface area contributed by atoms with E-state index in [0.29, 0.717) is 28.1 Å². The van der Waals surface area contributed by atoms with Crippen molar-refractivity contribution in [3.8, 4) is 28.7 Å². The van der Waals surface area contributed by atoms with E-state index in [1.165, 1.54) is 4.57 Å². The van der Waals surface area contributed by atoms with E-state index in [2.05, 4.69) is 51.7 Å². The summed E-state index contributed by atoms with van der Waals surface area (Å²) in [5.74, 6) is 1.78. The molecule has 0 aliphatic heterocycles. The number of rotatable bonds is 6. The molecule has 0 atom stereocenters. The summed E-state index contributed by atoms with van der Waals surface area (Å²) in [6.45, 7) is 9.99. The maximum atomic E-state index is 13.5. The third kappa shape index (κ3) is 5.67. The van der Waals surface area contributed by atoms with Crippen molar-refractivity contribution in [3.05, 3.63) is 85.4 Å². The first-order valence-corrected chi connectivity index (χ1v) is 12.7. The van der Waals surface area contributed by atoms with Crippen LogP contribution in [0.3, 0.4) is 0 Å². The fraction of sp³-hybridized carbons (Fsp3) is 0.296. The Hall–Kier alpha value is -3.30. The van der Waals surface area contributed by atoms with E-state index in [9.17, 15) is 4.79 Å². The molecule has 192 valence electrons. The Kier molecular flexibility index (Phi) is 7.66. The van der Waals surface area contributed by atoms with Crippen molar-refractivity contribution in [2.75, 3.05) is 7.11 Å².